The summed E-state index contributed by atoms with van der Waals surface area (Å²) in [5, 5.41) is 3.28. The van der Waals surface area contributed by atoms with Crippen molar-refractivity contribution in [2.75, 3.05) is 13.6 Å². The van der Waals surface area contributed by atoms with Gasteiger partial charge in [-0.25, -0.2) is 0 Å². The Hall–Kier alpha value is -0.800. The Balaban J connectivity index is 2.53. The van der Waals surface area contributed by atoms with Gasteiger partial charge in [-0.2, -0.15) is 0 Å². The second kappa shape index (κ2) is 5.04. The minimum atomic E-state index is 0.397. The van der Waals surface area contributed by atoms with E-state index in [2.05, 4.69) is 23.3 Å². The number of hydrogen-bond donors (Lipinski definition) is 3. The average Bonchev–Trinajstić information content (AvgIpc) is 2.66. The number of nitrogens with one attached hydrogen (secondary N) is 2. The summed E-state index contributed by atoms with van der Waals surface area (Å²) in [4.78, 5) is 3.21. The van der Waals surface area contributed by atoms with Gasteiger partial charge in [-0.1, -0.05) is 6.92 Å². The van der Waals surface area contributed by atoms with Crippen LogP contribution in [0.2, 0.25) is 0 Å². The first-order chi connectivity index (χ1) is 6.27. The quantitative estimate of drug-likeness (QED) is 0.640. The highest BCUT2D eigenvalue weighted by atomic mass is 14.9. The van der Waals surface area contributed by atoms with Crippen LogP contribution >= 0.6 is 0 Å². The molecule has 0 amide bonds. The van der Waals surface area contributed by atoms with Gasteiger partial charge in [0.2, 0.25) is 0 Å². The molecule has 74 valence electrons. The van der Waals surface area contributed by atoms with Crippen molar-refractivity contribution in [2.45, 2.75) is 19.4 Å². The van der Waals surface area contributed by atoms with Crippen molar-refractivity contribution in [1.29, 1.82) is 0 Å². The van der Waals surface area contributed by atoms with E-state index in [0.717, 1.165) is 13.0 Å². The van der Waals surface area contributed by atoms with E-state index < -0.39 is 0 Å². The molecule has 1 aromatic heterocycles. The number of aromatic nitrogens is 1. The van der Waals surface area contributed by atoms with Gasteiger partial charge in [0.25, 0.3) is 0 Å². The van der Waals surface area contributed by atoms with Crippen molar-refractivity contribution in [3.05, 3.63) is 24.0 Å². The van der Waals surface area contributed by atoms with E-state index >= 15 is 0 Å². The number of rotatable bonds is 5. The van der Waals surface area contributed by atoms with Crippen molar-refractivity contribution >= 4 is 0 Å². The summed E-state index contributed by atoms with van der Waals surface area (Å²) in [5.41, 5.74) is 6.83. The Labute approximate surface area is 79.7 Å². The maximum atomic E-state index is 5.59. The first-order valence-corrected chi connectivity index (χ1v) is 4.78. The minimum absolute atomic E-state index is 0.397. The number of aromatic amines is 1. The molecule has 3 nitrogen and oxygen atoms in total. The fourth-order valence-corrected chi connectivity index (χ4v) is 1.46. The lowest BCUT2D eigenvalue weighted by Gasteiger charge is -2.18. The third-order valence-electron chi connectivity index (χ3n) is 2.39. The molecule has 1 rings (SSSR count). The number of nitrogens with two attached hydrogens (primary N) is 1. The van der Waals surface area contributed by atoms with Crippen LogP contribution in [0.4, 0.5) is 0 Å². The van der Waals surface area contributed by atoms with Gasteiger partial charge in [-0.15, -0.1) is 0 Å². The van der Waals surface area contributed by atoms with Crippen LogP contribution in [0.1, 0.15) is 25.1 Å². The molecule has 3 heteroatoms. The number of H-pyrrole nitrogens is 1. The largest absolute Gasteiger partial charge is 0.364 e. The zero-order valence-electron chi connectivity index (χ0n) is 8.38. The summed E-state index contributed by atoms with van der Waals surface area (Å²) in [6.45, 7) is 2.92. The Morgan fingerprint density at radius 3 is 2.85 bits per heavy atom. The van der Waals surface area contributed by atoms with Crippen LogP contribution in [-0.4, -0.2) is 18.6 Å². The third kappa shape index (κ3) is 2.86. The van der Waals surface area contributed by atoms with Crippen LogP contribution in [-0.2, 0) is 0 Å². The maximum Gasteiger partial charge on any atom is 0.0473 e. The molecule has 0 bridgehead atoms. The summed E-state index contributed by atoms with van der Waals surface area (Å²) in [5.74, 6) is 0.556. The standard InChI is InChI=1S/C10H19N3/c1-8(7-11)6-10(12-2)9-4-3-5-13-9/h3-5,8,10,12-13H,6-7,11H2,1-2H3. The molecule has 0 radical (unpaired) electrons. The fraction of sp³-hybridized carbons (Fsp3) is 0.600. The predicted octanol–water partition coefficient (Wildman–Crippen LogP) is 1.26. The first kappa shape index (κ1) is 10.3. The highest BCUT2D eigenvalue weighted by Crippen LogP contribution is 2.18. The Bertz CT molecular complexity index is 218. The minimum Gasteiger partial charge on any atom is -0.364 e. The summed E-state index contributed by atoms with van der Waals surface area (Å²) in [6, 6.07) is 4.52. The van der Waals surface area contributed by atoms with Gasteiger partial charge in [0.15, 0.2) is 0 Å². The highest BCUT2D eigenvalue weighted by Gasteiger charge is 2.12. The average molecular weight is 181 g/mol. The molecule has 0 saturated heterocycles. The Morgan fingerprint density at radius 2 is 2.38 bits per heavy atom. The lowest BCUT2D eigenvalue weighted by molar-refractivity contribution is 0.432. The van der Waals surface area contributed by atoms with E-state index in [1.165, 1.54) is 5.69 Å². The molecule has 13 heavy (non-hydrogen) atoms. The van der Waals surface area contributed by atoms with E-state index in [1.807, 2.05) is 19.3 Å². The van der Waals surface area contributed by atoms with Crippen molar-refractivity contribution in [3.63, 3.8) is 0 Å². The van der Waals surface area contributed by atoms with Crippen LogP contribution in [0.5, 0.6) is 0 Å². The van der Waals surface area contributed by atoms with E-state index in [9.17, 15) is 0 Å². The zero-order chi connectivity index (χ0) is 9.68. The molecule has 0 aliphatic rings. The zero-order valence-corrected chi connectivity index (χ0v) is 8.38. The molecule has 2 atom stereocenters. The topological polar surface area (TPSA) is 53.8 Å². The normalized spacial score (nSPS) is 15.6. The summed E-state index contributed by atoms with van der Waals surface area (Å²) in [6.07, 6.45) is 3.03. The lowest BCUT2D eigenvalue weighted by Crippen LogP contribution is -2.22. The molecular formula is C10H19N3. The molecule has 0 aliphatic carbocycles. The Morgan fingerprint density at radius 1 is 1.62 bits per heavy atom. The van der Waals surface area contributed by atoms with Crippen molar-refractivity contribution in [2.24, 2.45) is 11.7 Å². The van der Waals surface area contributed by atoms with E-state index in [-0.39, 0.29) is 0 Å². The summed E-state index contributed by atoms with van der Waals surface area (Å²) in [7, 11) is 1.98. The SMILES string of the molecule is CNC(CC(C)CN)c1ccc[nH]1. The predicted molar refractivity (Wildman–Crippen MR) is 55.4 cm³/mol. The van der Waals surface area contributed by atoms with Crippen molar-refractivity contribution in [1.82, 2.24) is 10.3 Å². The fourth-order valence-electron chi connectivity index (χ4n) is 1.46. The molecule has 1 aromatic rings. The van der Waals surface area contributed by atoms with E-state index in [1.54, 1.807) is 0 Å². The van der Waals surface area contributed by atoms with Gasteiger partial charge < -0.3 is 16.0 Å². The highest BCUT2D eigenvalue weighted by molar-refractivity contribution is 5.08. The van der Waals surface area contributed by atoms with Crippen LogP contribution in [0.3, 0.4) is 0 Å². The second-order valence-electron chi connectivity index (χ2n) is 3.54. The summed E-state index contributed by atoms with van der Waals surface area (Å²) >= 11 is 0. The molecule has 0 aliphatic heterocycles. The van der Waals surface area contributed by atoms with Gasteiger partial charge >= 0.3 is 0 Å². The molecule has 0 fully saturated rings. The smallest absolute Gasteiger partial charge is 0.0473 e. The maximum absolute atomic E-state index is 5.59. The van der Waals surface area contributed by atoms with Crippen molar-refractivity contribution in [3.8, 4) is 0 Å². The van der Waals surface area contributed by atoms with Gasteiger partial charge in [-0.05, 0) is 38.1 Å². The molecule has 2 unspecified atom stereocenters. The second-order valence-corrected chi connectivity index (χ2v) is 3.54. The van der Waals surface area contributed by atoms with Gasteiger partial charge in [0.1, 0.15) is 0 Å². The number of hydrogen-bond acceptors (Lipinski definition) is 2. The van der Waals surface area contributed by atoms with Gasteiger partial charge in [-0.3, -0.25) is 0 Å². The molecule has 1 heterocycles. The van der Waals surface area contributed by atoms with Gasteiger partial charge in [0, 0.05) is 17.9 Å². The summed E-state index contributed by atoms with van der Waals surface area (Å²) < 4.78 is 0. The van der Waals surface area contributed by atoms with Crippen molar-refractivity contribution < 1.29 is 0 Å². The lowest BCUT2D eigenvalue weighted by atomic mass is 10.00. The first-order valence-electron chi connectivity index (χ1n) is 4.78. The van der Waals surface area contributed by atoms with Crippen LogP contribution < -0.4 is 11.1 Å². The molecule has 0 saturated carbocycles. The van der Waals surface area contributed by atoms with Gasteiger partial charge in [0.05, 0.1) is 0 Å². The van der Waals surface area contributed by atoms with Crippen LogP contribution in [0, 0.1) is 5.92 Å². The molecule has 0 aromatic carbocycles. The monoisotopic (exact) mass is 181 g/mol. The molecular weight excluding hydrogens is 162 g/mol. The van der Waals surface area contributed by atoms with Crippen LogP contribution in [0.15, 0.2) is 18.3 Å². The Kier molecular flexibility index (Phi) is 3.99. The van der Waals surface area contributed by atoms with Crippen LogP contribution in [0.25, 0.3) is 0 Å². The van der Waals surface area contributed by atoms with E-state index in [0.29, 0.717) is 12.0 Å². The molecule has 0 spiro atoms. The molecule has 4 N–H and O–H groups in total. The third-order valence-corrected chi connectivity index (χ3v) is 2.39. The van der Waals surface area contributed by atoms with E-state index in [4.69, 9.17) is 5.73 Å².